The fraction of sp³-hybridized carbons (Fsp3) is 1.00. The fourth-order valence-corrected chi connectivity index (χ4v) is 2.20. The Morgan fingerprint density at radius 1 is 1.47 bits per heavy atom. The van der Waals surface area contributed by atoms with E-state index in [2.05, 4.69) is 24.1 Å². The number of nitrogens with zero attached hydrogens (tertiary/aromatic N) is 1. The molecule has 0 radical (unpaired) electrons. The topological polar surface area (TPSA) is 35.5 Å². The number of unbranched alkanes of at least 4 members (excludes halogenated alkanes) is 2. The lowest BCUT2D eigenvalue weighted by atomic mass is 10.1. The first kappa shape index (κ1) is 12.9. The summed E-state index contributed by atoms with van der Waals surface area (Å²) in [5, 5.41) is 13.5. The minimum atomic E-state index is -0.572. The molecule has 0 amide bonds. The molecule has 0 saturated carbocycles. The van der Waals surface area contributed by atoms with Gasteiger partial charge in [-0.3, -0.25) is 4.90 Å². The minimum absolute atomic E-state index is 0.487. The maximum Gasteiger partial charge on any atom is 0.0869 e. The minimum Gasteiger partial charge on any atom is -0.388 e. The molecule has 0 aromatic carbocycles. The van der Waals surface area contributed by atoms with Crippen LogP contribution in [0, 0.1) is 0 Å². The van der Waals surface area contributed by atoms with Crippen LogP contribution in [0.1, 0.15) is 40.0 Å². The van der Waals surface area contributed by atoms with Gasteiger partial charge in [-0.15, -0.1) is 0 Å². The summed E-state index contributed by atoms with van der Waals surface area (Å²) >= 11 is 0. The Kier molecular flexibility index (Phi) is 5.03. The van der Waals surface area contributed by atoms with Crippen LogP contribution in [0.4, 0.5) is 0 Å². The molecule has 1 rings (SSSR count). The van der Waals surface area contributed by atoms with Crippen LogP contribution in [-0.2, 0) is 0 Å². The van der Waals surface area contributed by atoms with Crippen molar-refractivity contribution in [2.75, 3.05) is 26.2 Å². The number of hydrogen-bond acceptors (Lipinski definition) is 3. The molecule has 0 bridgehead atoms. The molecule has 0 aliphatic carbocycles. The summed E-state index contributed by atoms with van der Waals surface area (Å²) in [4.78, 5) is 2.39. The summed E-state index contributed by atoms with van der Waals surface area (Å²) in [7, 11) is 0. The highest BCUT2D eigenvalue weighted by atomic mass is 16.3. The van der Waals surface area contributed by atoms with Crippen molar-refractivity contribution in [2.45, 2.75) is 51.7 Å². The fourth-order valence-electron chi connectivity index (χ4n) is 2.20. The van der Waals surface area contributed by atoms with Crippen molar-refractivity contribution in [1.29, 1.82) is 0 Å². The Morgan fingerprint density at radius 3 is 2.87 bits per heavy atom. The Morgan fingerprint density at radius 2 is 2.20 bits per heavy atom. The highest BCUT2D eigenvalue weighted by molar-refractivity contribution is 4.86. The van der Waals surface area contributed by atoms with Crippen LogP contribution in [0.2, 0.25) is 0 Å². The van der Waals surface area contributed by atoms with Crippen molar-refractivity contribution < 1.29 is 5.11 Å². The molecule has 0 aromatic heterocycles. The molecule has 1 saturated heterocycles. The van der Waals surface area contributed by atoms with Gasteiger partial charge in [-0.1, -0.05) is 19.8 Å². The smallest absolute Gasteiger partial charge is 0.0869 e. The number of β-amino-alcohol motifs (C(OH)–C–C–N with tert-alkyl or cyclic N) is 1. The zero-order valence-electron chi connectivity index (χ0n) is 10.4. The molecule has 1 aliphatic rings. The van der Waals surface area contributed by atoms with Crippen molar-refractivity contribution in [3.8, 4) is 0 Å². The zero-order valence-corrected chi connectivity index (χ0v) is 10.4. The molecule has 2 unspecified atom stereocenters. The van der Waals surface area contributed by atoms with E-state index in [1.165, 1.54) is 19.3 Å². The van der Waals surface area contributed by atoms with E-state index >= 15 is 0 Å². The number of aliphatic hydroxyl groups is 1. The van der Waals surface area contributed by atoms with Crippen molar-refractivity contribution in [3.63, 3.8) is 0 Å². The molecule has 3 heteroatoms. The molecule has 2 atom stereocenters. The van der Waals surface area contributed by atoms with E-state index < -0.39 is 5.60 Å². The Labute approximate surface area is 93.9 Å². The summed E-state index contributed by atoms with van der Waals surface area (Å²) in [6, 6.07) is 0.487. The van der Waals surface area contributed by atoms with Gasteiger partial charge in [0.1, 0.15) is 0 Å². The predicted molar refractivity (Wildman–Crippen MR) is 64.1 cm³/mol. The first-order valence-corrected chi connectivity index (χ1v) is 6.21. The van der Waals surface area contributed by atoms with Crippen molar-refractivity contribution in [1.82, 2.24) is 10.2 Å². The second kappa shape index (κ2) is 5.83. The highest BCUT2D eigenvalue weighted by Crippen LogP contribution is 2.11. The van der Waals surface area contributed by atoms with E-state index in [-0.39, 0.29) is 0 Å². The number of rotatable bonds is 4. The quantitative estimate of drug-likeness (QED) is 0.691. The van der Waals surface area contributed by atoms with Crippen LogP contribution in [0.3, 0.4) is 0 Å². The van der Waals surface area contributed by atoms with E-state index in [4.69, 9.17) is 0 Å². The largest absolute Gasteiger partial charge is 0.388 e. The summed E-state index contributed by atoms with van der Waals surface area (Å²) in [5.74, 6) is 0. The summed E-state index contributed by atoms with van der Waals surface area (Å²) < 4.78 is 0. The predicted octanol–water partition coefficient (Wildman–Crippen LogP) is 1.22. The molecule has 0 aromatic rings. The van der Waals surface area contributed by atoms with Crippen LogP contribution in [-0.4, -0.2) is 47.8 Å². The zero-order chi connectivity index (χ0) is 11.3. The maximum atomic E-state index is 10.1. The average Bonchev–Trinajstić information content (AvgIpc) is 2.26. The van der Waals surface area contributed by atoms with Crippen LogP contribution in [0.25, 0.3) is 0 Å². The van der Waals surface area contributed by atoms with Gasteiger partial charge in [0.05, 0.1) is 5.60 Å². The second-order valence-electron chi connectivity index (χ2n) is 5.22. The number of hydrogen-bond donors (Lipinski definition) is 2. The van der Waals surface area contributed by atoms with Gasteiger partial charge in [0.15, 0.2) is 0 Å². The maximum absolute atomic E-state index is 10.1. The molecule has 1 heterocycles. The molecule has 90 valence electrons. The lowest BCUT2D eigenvalue weighted by molar-refractivity contribution is 0.0338. The third kappa shape index (κ3) is 4.96. The van der Waals surface area contributed by atoms with Gasteiger partial charge in [0.25, 0.3) is 0 Å². The van der Waals surface area contributed by atoms with E-state index in [0.29, 0.717) is 12.6 Å². The first-order valence-electron chi connectivity index (χ1n) is 6.21. The van der Waals surface area contributed by atoms with Gasteiger partial charge in [-0.2, -0.15) is 0 Å². The van der Waals surface area contributed by atoms with Crippen molar-refractivity contribution >= 4 is 0 Å². The van der Waals surface area contributed by atoms with Gasteiger partial charge < -0.3 is 10.4 Å². The Balaban J connectivity index is 2.39. The molecule has 1 fully saturated rings. The molecular weight excluding hydrogens is 188 g/mol. The van der Waals surface area contributed by atoms with Gasteiger partial charge >= 0.3 is 0 Å². The third-order valence-corrected chi connectivity index (χ3v) is 3.01. The summed E-state index contributed by atoms with van der Waals surface area (Å²) in [5.41, 5.74) is -0.572. The monoisotopic (exact) mass is 214 g/mol. The molecule has 0 spiro atoms. The molecule has 15 heavy (non-hydrogen) atoms. The average molecular weight is 214 g/mol. The van der Waals surface area contributed by atoms with Gasteiger partial charge in [0.2, 0.25) is 0 Å². The molecule has 2 N–H and O–H groups in total. The van der Waals surface area contributed by atoms with E-state index in [0.717, 1.165) is 19.6 Å². The highest BCUT2D eigenvalue weighted by Gasteiger charge is 2.28. The SMILES string of the molecule is CCCCCN1CC(C)NCC(C)(O)C1. The summed E-state index contributed by atoms with van der Waals surface area (Å²) in [6.45, 7) is 10.0. The van der Waals surface area contributed by atoms with Crippen LogP contribution >= 0.6 is 0 Å². The Bertz CT molecular complexity index is 182. The van der Waals surface area contributed by atoms with E-state index in [9.17, 15) is 5.11 Å². The lowest BCUT2D eigenvalue weighted by Gasteiger charge is -2.27. The van der Waals surface area contributed by atoms with Crippen molar-refractivity contribution in [2.24, 2.45) is 0 Å². The number of nitrogens with one attached hydrogen (secondary N) is 1. The molecule has 3 nitrogen and oxygen atoms in total. The van der Waals surface area contributed by atoms with Crippen LogP contribution in [0.15, 0.2) is 0 Å². The third-order valence-electron chi connectivity index (χ3n) is 3.01. The van der Waals surface area contributed by atoms with Gasteiger partial charge in [0, 0.05) is 25.7 Å². The van der Waals surface area contributed by atoms with E-state index in [1.807, 2.05) is 6.92 Å². The van der Waals surface area contributed by atoms with Gasteiger partial charge in [-0.05, 0) is 26.8 Å². The van der Waals surface area contributed by atoms with Crippen molar-refractivity contribution in [3.05, 3.63) is 0 Å². The van der Waals surface area contributed by atoms with E-state index in [1.54, 1.807) is 0 Å². The lowest BCUT2D eigenvalue weighted by Crippen LogP contribution is -2.43. The van der Waals surface area contributed by atoms with Crippen LogP contribution in [0.5, 0.6) is 0 Å². The second-order valence-corrected chi connectivity index (χ2v) is 5.22. The Hall–Kier alpha value is -0.120. The van der Waals surface area contributed by atoms with Gasteiger partial charge in [-0.25, -0.2) is 0 Å². The standard InChI is InChI=1S/C12H26N2O/c1-4-5-6-7-14-8-11(2)13-9-12(3,15)10-14/h11,13,15H,4-10H2,1-3H3. The van der Waals surface area contributed by atoms with Crippen LogP contribution < -0.4 is 5.32 Å². The first-order chi connectivity index (χ1) is 7.03. The summed E-state index contributed by atoms with van der Waals surface area (Å²) in [6.07, 6.45) is 3.80. The molecular formula is C12H26N2O. The molecule has 1 aliphatic heterocycles. The normalized spacial score (nSPS) is 34.0.